The molecule has 0 atom stereocenters. The third kappa shape index (κ3) is 3.56. The lowest BCUT2D eigenvalue weighted by atomic mass is 9.43. The number of hydrogen-bond acceptors (Lipinski definition) is 3. The Morgan fingerprint density at radius 1 is 0.490 bits per heavy atom. The molecule has 3 heteroatoms. The number of furan rings is 1. The van der Waals surface area contributed by atoms with Crippen LogP contribution in [0.15, 0.2) is 132 Å². The first-order valence-corrected chi connectivity index (χ1v) is 18.9. The summed E-state index contributed by atoms with van der Waals surface area (Å²) in [5, 5.41) is 4.99. The second-order valence-electron chi connectivity index (χ2n) is 15.3. The normalized spacial score (nSPS) is 24.8. The maximum atomic E-state index is 6.30. The molecule has 6 aromatic carbocycles. The zero-order chi connectivity index (χ0) is 31.8. The minimum Gasteiger partial charge on any atom is -0.456 e. The lowest BCUT2D eigenvalue weighted by Crippen LogP contribution is -2.55. The Kier molecular flexibility index (Phi) is 5.32. The molecule has 49 heavy (non-hydrogen) atoms. The molecule has 4 fully saturated rings. The van der Waals surface area contributed by atoms with Gasteiger partial charge in [0, 0.05) is 53.4 Å². The zero-order valence-corrected chi connectivity index (χ0v) is 28.0. The number of rotatable bonds is 3. The van der Waals surface area contributed by atoms with E-state index in [0.717, 1.165) is 51.3 Å². The fourth-order valence-electron chi connectivity index (χ4n) is 11.4. The standard InChI is InChI=1S/C46H35NOS/c1-4-10-40-34(7-1)35-16-13-32(25-41(35)46(40)29-20-27-19-28(22-29)23-30(46)21-27)47(31-15-18-43-39(24-31)36-8-2-5-11-42(36)48-43)33-14-17-38-37-9-3-6-12-44(37)49-45(38)26-33/h1-18,24-30H,19-23H2. The highest BCUT2D eigenvalue weighted by atomic mass is 32.1. The van der Waals surface area contributed by atoms with Gasteiger partial charge in [-0.25, -0.2) is 0 Å². The van der Waals surface area contributed by atoms with E-state index in [4.69, 9.17) is 4.42 Å². The topological polar surface area (TPSA) is 16.4 Å². The SMILES string of the molecule is c1ccc2c(c1)-c1ccc(N(c3ccc4c(c3)sc3ccccc34)c3ccc4oc5ccccc5c4c3)cc1C21C2CC3CC(C2)CC1C3. The second-order valence-corrected chi connectivity index (χ2v) is 16.4. The monoisotopic (exact) mass is 649 g/mol. The van der Waals surface area contributed by atoms with Crippen molar-refractivity contribution >= 4 is 70.5 Å². The van der Waals surface area contributed by atoms with Crippen molar-refractivity contribution in [2.75, 3.05) is 4.90 Å². The number of fused-ring (bicyclic) bond motifs is 9. The van der Waals surface area contributed by atoms with Crippen molar-refractivity contribution in [2.24, 2.45) is 23.7 Å². The van der Waals surface area contributed by atoms with Gasteiger partial charge in [0.05, 0.1) is 0 Å². The molecule has 8 aromatic rings. The van der Waals surface area contributed by atoms with Crippen molar-refractivity contribution < 1.29 is 4.42 Å². The van der Waals surface area contributed by atoms with E-state index in [0.29, 0.717) is 0 Å². The minimum absolute atomic E-state index is 0.126. The van der Waals surface area contributed by atoms with Gasteiger partial charge in [0.2, 0.25) is 0 Å². The van der Waals surface area contributed by atoms with E-state index in [1.54, 1.807) is 11.1 Å². The molecule has 13 rings (SSSR count). The van der Waals surface area contributed by atoms with Gasteiger partial charge >= 0.3 is 0 Å². The molecule has 4 bridgehead atoms. The van der Waals surface area contributed by atoms with Crippen molar-refractivity contribution in [1.29, 1.82) is 0 Å². The van der Waals surface area contributed by atoms with Crippen LogP contribution in [0.25, 0.3) is 53.2 Å². The second kappa shape index (κ2) is 9.64. The van der Waals surface area contributed by atoms with Gasteiger partial charge in [-0.1, -0.05) is 72.8 Å². The van der Waals surface area contributed by atoms with Gasteiger partial charge in [0.1, 0.15) is 11.2 Å². The quantitative estimate of drug-likeness (QED) is 0.189. The molecule has 236 valence electrons. The van der Waals surface area contributed by atoms with E-state index in [-0.39, 0.29) is 5.41 Å². The van der Waals surface area contributed by atoms with Crippen LogP contribution in [0.5, 0.6) is 0 Å². The molecule has 0 N–H and O–H groups in total. The summed E-state index contributed by atoms with van der Waals surface area (Å²) in [7, 11) is 0. The molecule has 5 aliphatic rings. The first-order valence-electron chi connectivity index (χ1n) is 18.1. The van der Waals surface area contributed by atoms with Crippen LogP contribution in [0.1, 0.15) is 43.2 Å². The summed E-state index contributed by atoms with van der Waals surface area (Å²) < 4.78 is 8.96. The van der Waals surface area contributed by atoms with Gasteiger partial charge in [-0.05, 0) is 133 Å². The van der Waals surface area contributed by atoms with Crippen molar-refractivity contribution in [2.45, 2.75) is 37.5 Å². The van der Waals surface area contributed by atoms with Gasteiger partial charge in [-0.15, -0.1) is 11.3 Å². The first-order chi connectivity index (χ1) is 24.2. The summed E-state index contributed by atoms with van der Waals surface area (Å²) >= 11 is 1.89. The van der Waals surface area contributed by atoms with Gasteiger partial charge in [0.15, 0.2) is 0 Å². The van der Waals surface area contributed by atoms with Crippen LogP contribution in [0.2, 0.25) is 0 Å². The van der Waals surface area contributed by atoms with Gasteiger partial charge in [0.25, 0.3) is 0 Å². The molecule has 2 aromatic heterocycles. The van der Waals surface area contributed by atoms with Gasteiger partial charge in [-0.2, -0.15) is 0 Å². The summed E-state index contributed by atoms with van der Waals surface area (Å²) in [5.41, 5.74) is 11.7. The Balaban J connectivity index is 1.10. The summed E-state index contributed by atoms with van der Waals surface area (Å²) in [4.78, 5) is 2.51. The Morgan fingerprint density at radius 2 is 1.12 bits per heavy atom. The fraction of sp³-hybridized carbons (Fsp3) is 0.217. The Hall–Kier alpha value is -4.86. The number of benzene rings is 6. The van der Waals surface area contributed by atoms with E-state index in [1.165, 1.54) is 74.8 Å². The average Bonchev–Trinajstić information content (AvgIpc) is 3.78. The fourth-order valence-corrected chi connectivity index (χ4v) is 12.6. The maximum Gasteiger partial charge on any atom is 0.135 e. The van der Waals surface area contributed by atoms with E-state index in [2.05, 4.69) is 132 Å². The highest BCUT2D eigenvalue weighted by molar-refractivity contribution is 7.25. The maximum absolute atomic E-state index is 6.30. The number of anilines is 3. The molecule has 0 saturated heterocycles. The molecule has 2 heterocycles. The number of para-hydroxylation sites is 1. The molecule has 0 aliphatic heterocycles. The Morgan fingerprint density at radius 3 is 2.00 bits per heavy atom. The van der Waals surface area contributed by atoms with Gasteiger partial charge in [-0.3, -0.25) is 0 Å². The van der Waals surface area contributed by atoms with Gasteiger partial charge < -0.3 is 9.32 Å². The number of hydrogen-bond donors (Lipinski definition) is 0. The molecular weight excluding hydrogens is 615 g/mol. The molecule has 1 spiro atoms. The lowest BCUT2D eigenvalue weighted by Gasteiger charge is -2.61. The molecule has 4 saturated carbocycles. The van der Waals surface area contributed by atoms with Crippen LogP contribution in [-0.2, 0) is 5.41 Å². The van der Waals surface area contributed by atoms with E-state index >= 15 is 0 Å². The summed E-state index contributed by atoms with van der Waals surface area (Å²) in [6.45, 7) is 0. The van der Waals surface area contributed by atoms with E-state index in [9.17, 15) is 0 Å². The third-order valence-electron chi connectivity index (χ3n) is 13.0. The number of nitrogens with zero attached hydrogens (tertiary/aromatic N) is 1. The van der Waals surface area contributed by atoms with Crippen LogP contribution in [0.3, 0.4) is 0 Å². The number of thiophene rings is 1. The Labute approximate surface area is 289 Å². The van der Waals surface area contributed by atoms with Crippen LogP contribution < -0.4 is 4.90 Å². The molecule has 5 aliphatic carbocycles. The largest absolute Gasteiger partial charge is 0.456 e. The van der Waals surface area contributed by atoms with Crippen molar-refractivity contribution in [3.63, 3.8) is 0 Å². The van der Waals surface area contributed by atoms with Crippen molar-refractivity contribution in [3.05, 3.63) is 139 Å². The predicted molar refractivity (Wildman–Crippen MR) is 205 cm³/mol. The summed E-state index contributed by atoms with van der Waals surface area (Å²) in [5.74, 6) is 3.32. The summed E-state index contributed by atoms with van der Waals surface area (Å²) in [6, 6.07) is 48.0. The zero-order valence-electron chi connectivity index (χ0n) is 27.2. The van der Waals surface area contributed by atoms with E-state index < -0.39 is 0 Å². The molecule has 0 amide bonds. The minimum atomic E-state index is 0.126. The Bertz CT molecular complexity index is 2630. The highest BCUT2D eigenvalue weighted by Crippen LogP contribution is 2.69. The smallest absolute Gasteiger partial charge is 0.135 e. The molecule has 0 radical (unpaired) electrons. The summed E-state index contributed by atoms with van der Waals surface area (Å²) in [6.07, 6.45) is 7.03. The molecular formula is C46H35NOS. The predicted octanol–water partition coefficient (Wildman–Crippen LogP) is 13.1. The van der Waals surface area contributed by atoms with Crippen LogP contribution in [0, 0.1) is 23.7 Å². The van der Waals surface area contributed by atoms with Crippen LogP contribution >= 0.6 is 11.3 Å². The van der Waals surface area contributed by atoms with Crippen molar-refractivity contribution in [3.8, 4) is 11.1 Å². The average molecular weight is 650 g/mol. The van der Waals surface area contributed by atoms with Crippen molar-refractivity contribution in [1.82, 2.24) is 0 Å². The van der Waals surface area contributed by atoms with Crippen LogP contribution in [0.4, 0.5) is 17.1 Å². The molecule has 0 unspecified atom stereocenters. The molecule has 2 nitrogen and oxygen atoms in total. The lowest BCUT2D eigenvalue weighted by molar-refractivity contribution is -0.0399. The highest BCUT2D eigenvalue weighted by Gasteiger charge is 2.61. The first kappa shape index (κ1) is 27.0. The third-order valence-corrected chi connectivity index (χ3v) is 14.2. The van der Waals surface area contributed by atoms with E-state index in [1.807, 2.05) is 11.3 Å². The van der Waals surface area contributed by atoms with Crippen LogP contribution in [-0.4, -0.2) is 0 Å².